The lowest BCUT2D eigenvalue weighted by Gasteiger charge is -1.88. The summed E-state index contributed by atoms with van der Waals surface area (Å²) in [6, 6.07) is 0. The Morgan fingerprint density at radius 2 is 2.00 bits per heavy atom. The van der Waals surface area contributed by atoms with E-state index in [0.29, 0.717) is 5.70 Å². The van der Waals surface area contributed by atoms with Gasteiger partial charge in [-0.25, -0.2) is 0 Å². The number of aliphatic imine (C=N–C) groups is 2. The lowest BCUT2D eigenvalue weighted by atomic mass is 10.4. The van der Waals surface area contributed by atoms with E-state index in [-0.39, 0.29) is 0 Å². The number of rotatable bonds is 2. The molecular weight excluding hydrogens is 112 g/mol. The molecule has 50 valence electrons. The van der Waals surface area contributed by atoms with Crippen molar-refractivity contribution in [2.45, 2.75) is 13.8 Å². The monoisotopic (exact) mass is 124 g/mol. The summed E-state index contributed by atoms with van der Waals surface area (Å²) in [6.45, 7) is 7.50. The summed E-state index contributed by atoms with van der Waals surface area (Å²) in [5.74, 6) is 0. The molecule has 0 saturated carbocycles. The van der Waals surface area contributed by atoms with Gasteiger partial charge in [0.05, 0.1) is 5.70 Å². The SMILES string of the molecule is C=C(C=NC)N=C(C)C. The van der Waals surface area contributed by atoms with Crippen LogP contribution < -0.4 is 0 Å². The molecular formula is C7H12N2. The van der Waals surface area contributed by atoms with E-state index in [1.54, 1.807) is 13.3 Å². The summed E-state index contributed by atoms with van der Waals surface area (Å²) in [6.07, 6.45) is 1.63. The Kier molecular flexibility index (Phi) is 3.60. The molecule has 0 aliphatic rings. The molecule has 0 aliphatic heterocycles. The normalized spacial score (nSPS) is 9.67. The number of hydrogen-bond acceptors (Lipinski definition) is 2. The average Bonchev–Trinajstić information content (AvgIpc) is 1.63. The van der Waals surface area contributed by atoms with Crippen LogP contribution in [0.15, 0.2) is 22.3 Å². The highest BCUT2D eigenvalue weighted by Gasteiger charge is 1.80. The van der Waals surface area contributed by atoms with Crippen LogP contribution in [0.5, 0.6) is 0 Å². The molecule has 2 nitrogen and oxygen atoms in total. The first kappa shape index (κ1) is 8.08. The standard InChI is InChI=1S/C7H12N2/c1-6(2)9-7(3)5-8-4/h5H,3H2,1-2,4H3. The van der Waals surface area contributed by atoms with E-state index in [1.165, 1.54) is 0 Å². The van der Waals surface area contributed by atoms with Crippen LogP contribution in [-0.4, -0.2) is 19.0 Å². The highest BCUT2D eigenvalue weighted by Crippen LogP contribution is 1.87. The second-order valence-electron chi connectivity index (χ2n) is 1.94. The first-order valence-electron chi connectivity index (χ1n) is 2.79. The molecule has 0 rings (SSSR count). The molecule has 0 N–H and O–H groups in total. The van der Waals surface area contributed by atoms with Gasteiger partial charge < -0.3 is 0 Å². The largest absolute Gasteiger partial charge is 0.294 e. The highest BCUT2D eigenvalue weighted by molar-refractivity contribution is 5.86. The van der Waals surface area contributed by atoms with Crippen molar-refractivity contribution in [3.05, 3.63) is 12.3 Å². The fourth-order valence-corrected chi connectivity index (χ4v) is 0.465. The number of nitrogens with zero attached hydrogens (tertiary/aromatic N) is 2. The Bertz CT molecular complexity index is 150. The van der Waals surface area contributed by atoms with E-state index in [4.69, 9.17) is 0 Å². The van der Waals surface area contributed by atoms with Crippen molar-refractivity contribution in [3.8, 4) is 0 Å². The molecule has 0 aromatic rings. The maximum atomic E-state index is 4.04. The Hall–Kier alpha value is -0.920. The van der Waals surface area contributed by atoms with Crippen LogP contribution in [0.3, 0.4) is 0 Å². The van der Waals surface area contributed by atoms with E-state index in [9.17, 15) is 0 Å². The van der Waals surface area contributed by atoms with E-state index in [2.05, 4.69) is 16.6 Å². The smallest absolute Gasteiger partial charge is 0.0735 e. The molecule has 0 heterocycles. The molecule has 0 amide bonds. The minimum Gasteiger partial charge on any atom is -0.294 e. The molecule has 0 atom stereocenters. The predicted molar refractivity (Wildman–Crippen MR) is 42.3 cm³/mol. The van der Waals surface area contributed by atoms with Crippen molar-refractivity contribution in [3.63, 3.8) is 0 Å². The van der Waals surface area contributed by atoms with Crippen molar-refractivity contribution in [1.29, 1.82) is 0 Å². The zero-order valence-electron chi connectivity index (χ0n) is 6.18. The third-order valence-electron chi connectivity index (χ3n) is 0.645. The van der Waals surface area contributed by atoms with Crippen LogP contribution in [-0.2, 0) is 0 Å². The lowest BCUT2D eigenvalue weighted by molar-refractivity contribution is 1.40. The summed E-state index contributed by atoms with van der Waals surface area (Å²) < 4.78 is 0. The Morgan fingerprint density at radius 1 is 1.44 bits per heavy atom. The van der Waals surface area contributed by atoms with Crippen LogP contribution in [0.2, 0.25) is 0 Å². The van der Waals surface area contributed by atoms with Crippen molar-refractivity contribution < 1.29 is 0 Å². The highest BCUT2D eigenvalue weighted by atomic mass is 14.8. The van der Waals surface area contributed by atoms with Gasteiger partial charge in [0.25, 0.3) is 0 Å². The van der Waals surface area contributed by atoms with Crippen LogP contribution in [0.1, 0.15) is 13.8 Å². The van der Waals surface area contributed by atoms with Gasteiger partial charge in [0.2, 0.25) is 0 Å². The number of hydrogen-bond donors (Lipinski definition) is 0. The topological polar surface area (TPSA) is 24.7 Å². The third-order valence-corrected chi connectivity index (χ3v) is 0.645. The van der Waals surface area contributed by atoms with E-state index in [0.717, 1.165) is 5.71 Å². The van der Waals surface area contributed by atoms with E-state index in [1.807, 2.05) is 13.8 Å². The molecule has 9 heavy (non-hydrogen) atoms. The van der Waals surface area contributed by atoms with Crippen LogP contribution >= 0.6 is 0 Å². The van der Waals surface area contributed by atoms with Gasteiger partial charge in [0.1, 0.15) is 0 Å². The van der Waals surface area contributed by atoms with Gasteiger partial charge in [-0.1, -0.05) is 6.58 Å². The summed E-state index contributed by atoms with van der Waals surface area (Å²) in [5.41, 5.74) is 1.71. The minimum atomic E-state index is 0.706. The molecule has 0 fully saturated rings. The van der Waals surface area contributed by atoms with Crippen molar-refractivity contribution in [1.82, 2.24) is 0 Å². The number of allylic oxidation sites excluding steroid dienone is 1. The fraction of sp³-hybridized carbons (Fsp3) is 0.429. The molecule has 0 spiro atoms. The van der Waals surface area contributed by atoms with Crippen molar-refractivity contribution in [2.24, 2.45) is 9.98 Å². The Balaban J connectivity index is 3.93. The predicted octanol–water partition coefficient (Wildman–Crippen LogP) is 1.68. The van der Waals surface area contributed by atoms with Gasteiger partial charge in [-0.05, 0) is 13.8 Å². The lowest BCUT2D eigenvalue weighted by Crippen LogP contribution is -1.83. The Labute approximate surface area is 56.0 Å². The van der Waals surface area contributed by atoms with E-state index >= 15 is 0 Å². The average molecular weight is 124 g/mol. The first-order chi connectivity index (χ1) is 4.16. The summed E-state index contributed by atoms with van der Waals surface area (Å²) in [5, 5.41) is 0. The zero-order chi connectivity index (χ0) is 7.28. The first-order valence-corrected chi connectivity index (χ1v) is 2.79. The van der Waals surface area contributed by atoms with Crippen molar-refractivity contribution in [2.75, 3.05) is 7.05 Å². The third kappa shape index (κ3) is 4.94. The summed E-state index contributed by atoms with van der Waals surface area (Å²) >= 11 is 0. The maximum absolute atomic E-state index is 4.04. The second-order valence-corrected chi connectivity index (χ2v) is 1.94. The molecule has 0 aromatic heterocycles. The quantitative estimate of drug-likeness (QED) is 0.500. The van der Waals surface area contributed by atoms with Crippen LogP contribution in [0, 0.1) is 0 Å². The molecule has 0 aliphatic carbocycles. The van der Waals surface area contributed by atoms with Crippen LogP contribution in [0.4, 0.5) is 0 Å². The summed E-state index contributed by atoms with van der Waals surface area (Å²) in [4.78, 5) is 7.80. The van der Waals surface area contributed by atoms with Gasteiger partial charge >= 0.3 is 0 Å². The van der Waals surface area contributed by atoms with Gasteiger partial charge in [-0.3, -0.25) is 9.98 Å². The Morgan fingerprint density at radius 3 is 2.33 bits per heavy atom. The minimum absolute atomic E-state index is 0.706. The molecule has 0 unspecified atom stereocenters. The summed E-state index contributed by atoms with van der Waals surface area (Å²) in [7, 11) is 1.70. The maximum Gasteiger partial charge on any atom is 0.0735 e. The molecule has 0 radical (unpaired) electrons. The molecule has 0 aromatic carbocycles. The fourth-order valence-electron chi connectivity index (χ4n) is 0.465. The zero-order valence-corrected chi connectivity index (χ0v) is 6.18. The van der Waals surface area contributed by atoms with Crippen LogP contribution in [0.25, 0.3) is 0 Å². The molecule has 0 bridgehead atoms. The van der Waals surface area contributed by atoms with Gasteiger partial charge in [0.15, 0.2) is 0 Å². The van der Waals surface area contributed by atoms with Gasteiger partial charge in [-0.2, -0.15) is 0 Å². The van der Waals surface area contributed by atoms with Gasteiger partial charge in [0, 0.05) is 19.0 Å². The second kappa shape index (κ2) is 4.01. The van der Waals surface area contributed by atoms with E-state index < -0.39 is 0 Å². The molecule has 2 heteroatoms. The van der Waals surface area contributed by atoms with Gasteiger partial charge in [-0.15, -0.1) is 0 Å². The molecule has 0 saturated heterocycles. The van der Waals surface area contributed by atoms with Crippen molar-refractivity contribution >= 4 is 11.9 Å².